The highest BCUT2D eigenvalue weighted by Crippen LogP contribution is 2.24. The van der Waals surface area contributed by atoms with E-state index in [9.17, 15) is 9.90 Å². The summed E-state index contributed by atoms with van der Waals surface area (Å²) in [6.07, 6.45) is -1.13. The number of carbonyl (C=O) groups excluding carboxylic acids is 1. The molecule has 0 amide bonds. The van der Waals surface area contributed by atoms with Gasteiger partial charge < -0.3 is 14.6 Å². The Morgan fingerprint density at radius 2 is 2.28 bits per heavy atom. The molecule has 0 bridgehead atoms. The first-order chi connectivity index (χ1) is 8.63. The molecule has 1 aromatic rings. The lowest BCUT2D eigenvalue weighted by atomic mass is 10.0. The smallest absolute Gasteiger partial charge is 0.344 e. The van der Waals surface area contributed by atoms with Crippen LogP contribution in [0.1, 0.15) is 18.6 Å². The van der Waals surface area contributed by atoms with Crippen molar-refractivity contribution in [3.8, 4) is 5.75 Å². The summed E-state index contributed by atoms with van der Waals surface area (Å²) in [6, 6.07) is 6.80. The van der Waals surface area contributed by atoms with Crippen LogP contribution in [0.25, 0.3) is 0 Å². The molecule has 0 spiro atoms. The summed E-state index contributed by atoms with van der Waals surface area (Å²) in [5.74, 6) is -0.0263. The van der Waals surface area contributed by atoms with Crippen LogP contribution in [0, 0.1) is 0 Å². The highest BCUT2D eigenvalue weighted by Gasteiger charge is 2.21. The minimum absolute atomic E-state index is 0.00916. The molecule has 1 N–H and O–H groups in total. The Labute approximate surface area is 106 Å². The molecule has 4 nitrogen and oxygen atoms in total. The van der Waals surface area contributed by atoms with E-state index >= 15 is 0 Å². The van der Waals surface area contributed by atoms with Crippen molar-refractivity contribution in [1.82, 2.24) is 0 Å². The van der Waals surface area contributed by atoms with Gasteiger partial charge in [-0.05, 0) is 24.6 Å². The van der Waals surface area contributed by atoms with Gasteiger partial charge in [-0.25, -0.2) is 4.79 Å². The number of ether oxygens (including phenoxy) is 2. The molecule has 0 aromatic heterocycles. The zero-order valence-corrected chi connectivity index (χ0v) is 10.5. The first kappa shape index (κ1) is 14.0. The molecule has 1 unspecified atom stereocenters. The van der Waals surface area contributed by atoms with Gasteiger partial charge in [-0.3, -0.25) is 0 Å². The Balaban J connectivity index is 3.00. The number of hydrogen-bond donors (Lipinski definition) is 1. The van der Waals surface area contributed by atoms with Gasteiger partial charge in [-0.1, -0.05) is 18.7 Å². The Morgan fingerprint density at radius 3 is 2.83 bits per heavy atom. The van der Waals surface area contributed by atoms with Gasteiger partial charge in [0.05, 0.1) is 13.7 Å². The molecule has 0 saturated carbocycles. The van der Waals surface area contributed by atoms with E-state index in [-0.39, 0.29) is 12.2 Å². The molecule has 0 aliphatic rings. The lowest BCUT2D eigenvalue weighted by Crippen LogP contribution is -2.14. The second-order valence-electron chi connectivity index (χ2n) is 3.49. The third-order valence-corrected chi connectivity index (χ3v) is 2.37. The van der Waals surface area contributed by atoms with Crippen LogP contribution in [0.3, 0.4) is 0 Å². The summed E-state index contributed by atoms with van der Waals surface area (Å²) in [5.41, 5.74) is 2.94. The van der Waals surface area contributed by atoms with Crippen LogP contribution in [-0.4, -0.2) is 24.8 Å². The Morgan fingerprint density at radius 1 is 1.56 bits per heavy atom. The fourth-order valence-electron chi connectivity index (χ4n) is 1.47. The maximum Gasteiger partial charge on any atom is 0.344 e. The van der Waals surface area contributed by atoms with Crippen molar-refractivity contribution in [2.45, 2.75) is 13.0 Å². The molecule has 4 heteroatoms. The predicted molar refractivity (Wildman–Crippen MR) is 67.2 cm³/mol. The molecule has 0 aliphatic carbocycles. The maximum absolute atomic E-state index is 11.6. The van der Waals surface area contributed by atoms with E-state index in [0.717, 1.165) is 0 Å². The number of aliphatic hydroxyl groups excluding tert-OH is 1. The van der Waals surface area contributed by atoms with Crippen molar-refractivity contribution in [3.05, 3.63) is 47.7 Å². The molecular formula is C14H16O4. The first-order valence-corrected chi connectivity index (χ1v) is 5.53. The largest absolute Gasteiger partial charge is 0.497 e. The van der Waals surface area contributed by atoms with Crippen LogP contribution in [-0.2, 0) is 9.53 Å². The molecule has 96 valence electrons. The van der Waals surface area contributed by atoms with Gasteiger partial charge >= 0.3 is 5.97 Å². The Kier molecular flexibility index (Phi) is 5.18. The van der Waals surface area contributed by atoms with Gasteiger partial charge in [0.15, 0.2) is 0 Å². The van der Waals surface area contributed by atoms with E-state index < -0.39 is 12.1 Å². The fourth-order valence-corrected chi connectivity index (χ4v) is 1.47. The summed E-state index contributed by atoms with van der Waals surface area (Å²) < 4.78 is 9.88. The highest BCUT2D eigenvalue weighted by atomic mass is 16.5. The second-order valence-corrected chi connectivity index (χ2v) is 3.49. The first-order valence-electron chi connectivity index (χ1n) is 5.53. The molecule has 1 atom stereocenters. The lowest BCUT2D eigenvalue weighted by Gasteiger charge is -2.13. The van der Waals surface area contributed by atoms with Crippen molar-refractivity contribution in [3.63, 3.8) is 0 Å². The van der Waals surface area contributed by atoms with Crippen molar-refractivity contribution >= 4 is 5.97 Å². The molecule has 0 saturated heterocycles. The van der Waals surface area contributed by atoms with Gasteiger partial charge in [-0.15, -0.1) is 5.73 Å². The highest BCUT2D eigenvalue weighted by molar-refractivity contribution is 5.89. The van der Waals surface area contributed by atoms with Gasteiger partial charge in [0.1, 0.15) is 17.4 Å². The van der Waals surface area contributed by atoms with E-state index in [1.807, 2.05) is 0 Å². The van der Waals surface area contributed by atoms with Crippen LogP contribution < -0.4 is 4.74 Å². The molecule has 0 aliphatic heterocycles. The minimum Gasteiger partial charge on any atom is -0.497 e. The molecule has 18 heavy (non-hydrogen) atoms. The quantitative estimate of drug-likeness (QED) is 0.492. The van der Waals surface area contributed by atoms with E-state index in [0.29, 0.717) is 11.3 Å². The summed E-state index contributed by atoms with van der Waals surface area (Å²) >= 11 is 0. The number of rotatable bonds is 5. The van der Waals surface area contributed by atoms with Crippen molar-refractivity contribution in [2.75, 3.05) is 13.7 Å². The Hall–Kier alpha value is -2.03. The SMILES string of the molecule is C=C=C(C(=O)OCC)C(O)c1cccc(OC)c1. The summed E-state index contributed by atoms with van der Waals surface area (Å²) in [5, 5.41) is 10.1. The molecule has 1 rings (SSSR count). The Bertz CT molecular complexity index is 472. The molecule has 1 aromatic carbocycles. The number of carbonyl (C=O) groups is 1. The molecule has 0 fully saturated rings. The van der Waals surface area contributed by atoms with Crippen LogP contribution >= 0.6 is 0 Å². The monoisotopic (exact) mass is 248 g/mol. The second kappa shape index (κ2) is 6.64. The zero-order valence-electron chi connectivity index (χ0n) is 10.5. The molecule has 0 radical (unpaired) electrons. The lowest BCUT2D eigenvalue weighted by molar-refractivity contribution is -0.139. The van der Waals surface area contributed by atoms with E-state index in [2.05, 4.69) is 12.3 Å². The summed E-state index contributed by atoms with van der Waals surface area (Å²) in [6.45, 7) is 5.32. The van der Waals surface area contributed by atoms with Gasteiger partial charge in [0.25, 0.3) is 0 Å². The van der Waals surface area contributed by atoms with E-state index in [1.54, 1.807) is 31.2 Å². The number of benzene rings is 1. The average Bonchev–Trinajstić information content (AvgIpc) is 2.40. The van der Waals surface area contributed by atoms with Crippen molar-refractivity contribution in [1.29, 1.82) is 0 Å². The van der Waals surface area contributed by atoms with E-state index in [1.165, 1.54) is 7.11 Å². The van der Waals surface area contributed by atoms with Gasteiger partial charge in [0, 0.05) is 0 Å². The van der Waals surface area contributed by atoms with Gasteiger partial charge in [0.2, 0.25) is 0 Å². The van der Waals surface area contributed by atoms with Crippen LogP contribution in [0.4, 0.5) is 0 Å². The predicted octanol–water partition coefficient (Wildman–Crippen LogP) is 2.00. The standard InChI is InChI=1S/C14H16O4/c1-4-12(14(16)18-5-2)13(15)10-7-6-8-11(9-10)17-3/h6-9,13,15H,1,5H2,2-3H3. The third-order valence-electron chi connectivity index (χ3n) is 2.37. The maximum atomic E-state index is 11.6. The normalized spacial score (nSPS) is 11.3. The molecular weight excluding hydrogens is 232 g/mol. The fraction of sp³-hybridized carbons (Fsp3) is 0.286. The summed E-state index contributed by atoms with van der Waals surface area (Å²) in [4.78, 5) is 11.6. The zero-order chi connectivity index (χ0) is 13.5. The number of hydrogen-bond acceptors (Lipinski definition) is 4. The summed E-state index contributed by atoms with van der Waals surface area (Å²) in [7, 11) is 1.53. The average molecular weight is 248 g/mol. The third kappa shape index (κ3) is 3.23. The van der Waals surface area contributed by atoms with Crippen molar-refractivity contribution in [2.24, 2.45) is 0 Å². The number of aliphatic hydroxyl groups is 1. The van der Waals surface area contributed by atoms with E-state index in [4.69, 9.17) is 9.47 Å². The number of esters is 1. The van der Waals surface area contributed by atoms with Crippen molar-refractivity contribution < 1.29 is 19.4 Å². The van der Waals surface area contributed by atoms with Crippen LogP contribution in [0.5, 0.6) is 5.75 Å². The minimum atomic E-state index is -1.13. The van der Waals surface area contributed by atoms with Gasteiger partial charge in [-0.2, -0.15) is 0 Å². The topological polar surface area (TPSA) is 55.8 Å². The number of methoxy groups -OCH3 is 1. The van der Waals surface area contributed by atoms with Crippen LogP contribution in [0.2, 0.25) is 0 Å². The van der Waals surface area contributed by atoms with Crippen LogP contribution in [0.15, 0.2) is 42.1 Å². The molecule has 0 heterocycles.